The molecule has 0 spiro atoms. The van der Waals surface area contributed by atoms with Gasteiger partial charge in [0, 0.05) is 0 Å². The average Bonchev–Trinajstić information content (AvgIpc) is 2.52. The van der Waals surface area contributed by atoms with E-state index in [1.165, 1.54) is 0 Å². The number of nitrogens with one attached hydrogen (secondary N) is 1. The number of hydrogen-bond acceptors (Lipinski definition) is 2. The van der Waals surface area contributed by atoms with Gasteiger partial charge in [0.2, 0.25) is 0 Å². The van der Waals surface area contributed by atoms with Crippen LogP contribution < -0.4 is 4.31 Å². The Labute approximate surface area is 115 Å². The fourth-order valence-electron chi connectivity index (χ4n) is 2.04. The predicted molar refractivity (Wildman–Crippen MR) is 76.6 cm³/mol. The van der Waals surface area contributed by atoms with E-state index in [-0.39, 0.29) is 0 Å². The summed E-state index contributed by atoms with van der Waals surface area (Å²) in [7, 11) is -3.32. The summed E-state index contributed by atoms with van der Waals surface area (Å²) in [5, 5.41) is 0. The van der Waals surface area contributed by atoms with Crippen LogP contribution in [0.3, 0.4) is 0 Å². The molecule has 0 bridgehead atoms. The first-order valence-corrected chi connectivity index (χ1v) is 8.05. The molecule has 0 saturated heterocycles. The third kappa shape index (κ3) is 3.55. The van der Waals surface area contributed by atoms with E-state index in [2.05, 4.69) is 12.2 Å². The van der Waals surface area contributed by atoms with Gasteiger partial charge < -0.3 is 0 Å². The van der Waals surface area contributed by atoms with Gasteiger partial charge in [0.25, 0.3) is 0 Å². The van der Waals surface area contributed by atoms with Crippen molar-refractivity contribution in [3.8, 4) is 0 Å². The molecule has 0 atom stereocenters. The maximum absolute atomic E-state index is 12.6. The van der Waals surface area contributed by atoms with Crippen LogP contribution in [0.5, 0.6) is 0 Å². The minimum atomic E-state index is -3.32. The molecular formula is C15H20NO2S+. The van der Waals surface area contributed by atoms with Gasteiger partial charge in [0.1, 0.15) is 18.0 Å². The van der Waals surface area contributed by atoms with Gasteiger partial charge in [-0.15, -0.1) is 0 Å². The van der Waals surface area contributed by atoms with E-state index in [9.17, 15) is 8.42 Å². The van der Waals surface area contributed by atoms with Crippen molar-refractivity contribution in [3.05, 3.63) is 54.1 Å². The second kappa shape index (κ2) is 6.17. The molecule has 0 fully saturated rings. The van der Waals surface area contributed by atoms with E-state index in [4.69, 9.17) is 0 Å². The normalized spacial score (nSPS) is 21.1. The largest absolute Gasteiger partial charge is 0.326 e. The van der Waals surface area contributed by atoms with Crippen molar-refractivity contribution in [2.24, 2.45) is 0 Å². The van der Waals surface area contributed by atoms with Crippen LogP contribution in [-0.2, 0) is 10.0 Å². The highest BCUT2D eigenvalue weighted by molar-refractivity contribution is 7.85. The number of hydrogen-bond donors (Lipinski definition) is 1. The molecule has 1 N–H and O–H groups in total. The Hall–Kier alpha value is -1.39. The number of aryl methyl sites for hydroxylation is 1. The van der Waals surface area contributed by atoms with E-state index in [1.807, 2.05) is 31.2 Å². The molecule has 3 nitrogen and oxygen atoms in total. The van der Waals surface area contributed by atoms with Gasteiger partial charge in [-0.2, -0.15) is 8.42 Å². The minimum Gasteiger partial charge on any atom is -0.219 e. The highest BCUT2D eigenvalue weighted by Gasteiger charge is 2.26. The fraction of sp³-hybridized carbons (Fsp3) is 0.333. The molecule has 1 aliphatic heterocycles. The molecule has 0 radical (unpaired) electrons. The SMILES string of the molecule is Cc1ccc(S(=O)(=O)[NH+]2C/C=C\CC/C=C\C2)cc1. The Bertz CT molecular complexity index is 555. The van der Waals surface area contributed by atoms with Crippen LogP contribution in [0.25, 0.3) is 0 Å². The van der Waals surface area contributed by atoms with Gasteiger partial charge >= 0.3 is 10.0 Å². The summed E-state index contributed by atoms with van der Waals surface area (Å²) < 4.78 is 25.7. The molecular weight excluding hydrogens is 258 g/mol. The Morgan fingerprint density at radius 1 is 0.895 bits per heavy atom. The molecule has 1 aliphatic rings. The molecule has 19 heavy (non-hydrogen) atoms. The summed E-state index contributed by atoms with van der Waals surface area (Å²) in [5.41, 5.74) is 1.07. The quantitative estimate of drug-likeness (QED) is 0.832. The lowest BCUT2D eigenvalue weighted by Gasteiger charge is -2.16. The molecule has 0 aliphatic carbocycles. The van der Waals surface area contributed by atoms with Crippen LogP contribution in [-0.4, -0.2) is 21.5 Å². The van der Waals surface area contributed by atoms with Crippen molar-refractivity contribution in [1.29, 1.82) is 0 Å². The molecule has 1 aromatic carbocycles. The van der Waals surface area contributed by atoms with Gasteiger partial charge in [-0.1, -0.05) is 29.8 Å². The first kappa shape index (κ1) is 14.0. The molecule has 0 amide bonds. The third-order valence-corrected chi connectivity index (χ3v) is 5.22. The summed E-state index contributed by atoms with van der Waals surface area (Å²) in [5.74, 6) is 0. The summed E-state index contributed by atoms with van der Waals surface area (Å²) in [6, 6.07) is 7.07. The van der Waals surface area contributed by atoms with Crippen molar-refractivity contribution < 1.29 is 12.7 Å². The molecule has 0 saturated carbocycles. The smallest absolute Gasteiger partial charge is 0.219 e. The Morgan fingerprint density at radius 3 is 1.95 bits per heavy atom. The second-order valence-corrected chi connectivity index (χ2v) is 6.84. The number of benzene rings is 1. The Balaban J connectivity index is 2.28. The van der Waals surface area contributed by atoms with Crippen LogP contribution >= 0.6 is 0 Å². The summed E-state index contributed by atoms with van der Waals surface area (Å²) in [6.07, 6.45) is 10.0. The molecule has 102 valence electrons. The highest BCUT2D eigenvalue weighted by atomic mass is 32.2. The van der Waals surface area contributed by atoms with Gasteiger partial charge in [0.15, 0.2) is 0 Å². The van der Waals surface area contributed by atoms with Crippen molar-refractivity contribution in [2.45, 2.75) is 24.7 Å². The van der Waals surface area contributed by atoms with Crippen LogP contribution in [0.15, 0.2) is 53.5 Å². The molecule has 4 heteroatoms. The van der Waals surface area contributed by atoms with Crippen molar-refractivity contribution >= 4 is 10.0 Å². The topological polar surface area (TPSA) is 38.6 Å². The lowest BCUT2D eigenvalue weighted by atomic mass is 10.2. The van der Waals surface area contributed by atoms with Crippen LogP contribution in [0.4, 0.5) is 0 Å². The molecule has 2 rings (SSSR count). The molecule has 0 aromatic heterocycles. The number of quaternary nitrogens is 1. The van der Waals surface area contributed by atoms with Crippen molar-refractivity contribution in [2.75, 3.05) is 13.1 Å². The summed E-state index contributed by atoms with van der Waals surface area (Å²) in [4.78, 5) is 0.397. The monoisotopic (exact) mass is 278 g/mol. The van der Waals surface area contributed by atoms with E-state index in [1.54, 1.807) is 12.1 Å². The van der Waals surface area contributed by atoms with Gasteiger partial charge in [0.05, 0.1) is 0 Å². The van der Waals surface area contributed by atoms with Gasteiger partial charge in [-0.05, 0) is 44.1 Å². The fourth-order valence-corrected chi connectivity index (χ4v) is 3.50. The number of allylic oxidation sites excluding steroid dienone is 2. The van der Waals surface area contributed by atoms with Crippen molar-refractivity contribution in [3.63, 3.8) is 0 Å². The van der Waals surface area contributed by atoms with E-state index < -0.39 is 10.0 Å². The number of rotatable bonds is 2. The molecule has 0 unspecified atom stereocenters. The van der Waals surface area contributed by atoms with E-state index in [0.717, 1.165) is 18.4 Å². The lowest BCUT2D eigenvalue weighted by molar-refractivity contribution is -0.752. The molecule has 1 aromatic rings. The van der Waals surface area contributed by atoms with Crippen LogP contribution in [0.2, 0.25) is 0 Å². The van der Waals surface area contributed by atoms with Gasteiger partial charge in [-0.3, -0.25) is 0 Å². The zero-order valence-corrected chi connectivity index (χ0v) is 12.0. The van der Waals surface area contributed by atoms with Crippen molar-refractivity contribution in [1.82, 2.24) is 0 Å². The first-order chi connectivity index (χ1) is 9.10. The Kier molecular flexibility index (Phi) is 4.56. The first-order valence-electron chi connectivity index (χ1n) is 6.57. The number of sulfonamides is 1. The zero-order chi connectivity index (χ0) is 13.7. The lowest BCUT2D eigenvalue weighted by Crippen LogP contribution is -3.13. The van der Waals surface area contributed by atoms with Crippen LogP contribution in [0.1, 0.15) is 18.4 Å². The summed E-state index contributed by atoms with van der Waals surface area (Å²) >= 11 is 0. The van der Waals surface area contributed by atoms with Crippen LogP contribution in [0, 0.1) is 6.92 Å². The minimum absolute atomic E-state index is 0.397. The van der Waals surface area contributed by atoms with Gasteiger partial charge in [-0.25, -0.2) is 4.31 Å². The standard InChI is InChI=1S/C15H19NO2S/c1-14-8-10-15(11-9-14)19(17,18)16-12-6-4-2-3-5-7-13-16/h4-11H,2-3,12-13H2,1H3/p+1/b6-4-,7-5-. The summed E-state index contributed by atoms with van der Waals surface area (Å²) in [6.45, 7) is 2.98. The highest BCUT2D eigenvalue weighted by Crippen LogP contribution is 2.07. The maximum Gasteiger partial charge on any atom is 0.326 e. The third-order valence-electron chi connectivity index (χ3n) is 3.24. The average molecular weight is 278 g/mol. The van der Waals surface area contributed by atoms with E-state index in [0.29, 0.717) is 22.3 Å². The Morgan fingerprint density at radius 2 is 1.42 bits per heavy atom. The van der Waals surface area contributed by atoms with E-state index >= 15 is 0 Å². The molecule has 1 heterocycles. The zero-order valence-electron chi connectivity index (χ0n) is 11.2. The maximum atomic E-state index is 12.6. The second-order valence-electron chi connectivity index (χ2n) is 4.78. The predicted octanol–water partition coefficient (Wildman–Crippen LogP) is 1.47.